The molecule has 0 heterocycles. The van der Waals surface area contributed by atoms with Crippen molar-refractivity contribution in [1.82, 2.24) is 10.6 Å². The number of nitrogens with zero attached hydrogens (tertiary/aromatic N) is 1. The fraction of sp³-hybridized carbons (Fsp3) is 0.500. The van der Waals surface area contributed by atoms with E-state index in [1.165, 1.54) is 6.07 Å². The lowest BCUT2D eigenvalue weighted by atomic mass is 10.2. The predicted molar refractivity (Wildman–Crippen MR) is 96.8 cm³/mol. The standard InChI is InChI=1S/C16H25FN4O2S/c1-21(14-7-4-3-6-12(14)17)10-5-9-19-15(22)13(8-11-24-2)20-16(18)23/h3-4,6-7,13H,5,8-11H2,1-2H3,(H,19,22)(H3,18,20,23). The van der Waals surface area contributed by atoms with Crippen LogP contribution in [0.1, 0.15) is 12.8 Å². The van der Waals surface area contributed by atoms with E-state index >= 15 is 0 Å². The van der Waals surface area contributed by atoms with Gasteiger partial charge in [-0.1, -0.05) is 12.1 Å². The Bertz CT molecular complexity index is 545. The molecule has 0 aliphatic heterocycles. The second kappa shape index (κ2) is 10.7. The number of hydrogen-bond acceptors (Lipinski definition) is 4. The molecule has 0 fully saturated rings. The second-order valence-electron chi connectivity index (χ2n) is 5.36. The summed E-state index contributed by atoms with van der Waals surface area (Å²) in [6, 6.07) is 5.22. The molecule has 8 heteroatoms. The van der Waals surface area contributed by atoms with Crippen LogP contribution in [0.3, 0.4) is 0 Å². The van der Waals surface area contributed by atoms with Gasteiger partial charge in [-0.3, -0.25) is 4.79 Å². The average Bonchev–Trinajstić information content (AvgIpc) is 2.55. The highest BCUT2D eigenvalue weighted by molar-refractivity contribution is 7.98. The van der Waals surface area contributed by atoms with Gasteiger partial charge in [0.2, 0.25) is 5.91 Å². The van der Waals surface area contributed by atoms with E-state index in [0.29, 0.717) is 31.6 Å². The number of anilines is 1. The third-order valence-corrected chi connectivity index (χ3v) is 4.12. The number of nitrogens with two attached hydrogens (primary N) is 1. The van der Waals surface area contributed by atoms with Crippen LogP contribution >= 0.6 is 11.8 Å². The first kappa shape index (κ1) is 20.1. The number of carbonyl (C=O) groups is 2. The van der Waals surface area contributed by atoms with E-state index in [0.717, 1.165) is 5.75 Å². The van der Waals surface area contributed by atoms with Gasteiger partial charge in [-0.05, 0) is 37.0 Å². The first-order valence-corrected chi connectivity index (χ1v) is 9.13. The third kappa shape index (κ3) is 7.08. The van der Waals surface area contributed by atoms with Crippen molar-refractivity contribution >= 4 is 29.4 Å². The molecule has 6 nitrogen and oxygen atoms in total. The Morgan fingerprint density at radius 2 is 2.08 bits per heavy atom. The Labute approximate surface area is 146 Å². The van der Waals surface area contributed by atoms with Crippen LogP contribution in [-0.2, 0) is 4.79 Å². The van der Waals surface area contributed by atoms with Crippen LogP contribution in [0.15, 0.2) is 24.3 Å². The van der Waals surface area contributed by atoms with Gasteiger partial charge in [0.05, 0.1) is 5.69 Å². The van der Waals surface area contributed by atoms with E-state index in [4.69, 9.17) is 5.73 Å². The lowest BCUT2D eigenvalue weighted by Gasteiger charge is -2.21. The predicted octanol–water partition coefficient (Wildman–Crippen LogP) is 1.56. The van der Waals surface area contributed by atoms with E-state index < -0.39 is 12.1 Å². The maximum atomic E-state index is 13.7. The van der Waals surface area contributed by atoms with Gasteiger partial charge in [0, 0.05) is 20.1 Å². The van der Waals surface area contributed by atoms with Crippen LogP contribution in [-0.4, -0.2) is 50.1 Å². The maximum absolute atomic E-state index is 13.7. The van der Waals surface area contributed by atoms with Gasteiger partial charge >= 0.3 is 6.03 Å². The number of halogens is 1. The summed E-state index contributed by atoms with van der Waals surface area (Å²) < 4.78 is 13.7. The molecule has 1 rings (SSSR count). The van der Waals surface area contributed by atoms with Crippen LogP contribution < -0.4 is 21.3 Å². The molecule has 0 aliphatic carbocycles. The summed E-state index contributed by atoms with van der Waals surface area (Å²) in [4.78, 5) is 24.9. The van der Waals surface area contributed by atoms with E-state index in [-0.39, 0.29) is 11.7 Å². The zero-order chi connectivity index (χ0) is 17.9. The number of para-hydroxylation sites is 1. The number of primary amides is 1. The molecule has 0 bridgehead atoms. The molecule has 0 aromatic heterocycles. The summed E-state index contributed by atoms with van der Waals surface area (Å²) in [5, 5.41) is 5.23. The summed E-state index contributed by atoms with van der Waals surface area (Å²) in [6.45, 7) is 1.04. The summed E-state index contributed by atoms with van der Waals surface area (Å²) in [6.07, 6.45) is 3.10. The van der Waals surface area contributed by atoms with Gasteiger partial charge in [0.1, 0.15) is 11.9 Å². The number of nitrogens with one attached hydrogen (secondary N) is 2. The highest BCUT2D eigenvalue weighted by Crippen LogP contribution is 2.16. The number of hydrogen-bond donors (Lipinski definition) is 3. The van der Waals surface area contributed by atoms with E-state index in [9.17, 15) is 14.0 Å². The van der Waals surface area contributed by atoms with Gasteiger partial charge in [-0.15, -0.1) is 0 Å². The topological polar surface area (TPSA) is 87.5 Å². The van der Waals surface area contributed by atoms with Crippen LogP contribution in [0.5, 0.6) is 0 Å². The van der Waals surface area contributed by atoms with Crippen LogP contribution in [0.2, 0.25) is 0 Å². The minimum atomic E-state index is -0.712. The first-order valence-electron chi connectivity index (χ1n) is 7.74. The Kier molecular flexibility index (Phi) is 8.99. The molecular formula is C16H25FN4O2S. The summed E-state index contributed by atoms with van der Waals surface area (Å²) in [5.74, 6) is 0.220. The van der Waals surface area contributed by atoms with Crippen molar-refractivity contribution in [2.45, 2.75) is 18.9 Å². The largest absolute Gasteiger partial charge is 0.372 e. The van der Waals surface area contributed by atoms with Gasteiger partial charge in [0.25, 0.3) is 0 Å². The van der Waals surface area contributed by atoms with Gasteiger partial charge < -0.3 is 21.3 Å². The van der Waals surface area contributed by atoms with Crippen molar-refractivity contribution in [3.8, 4) is 0 Å². The fourth-order valence-electron chi connectivity index (χ4n) is 2.21. The quantitative estimate of drug-likeness (QED) is 0.555. The minimum Gasteiger partial charge on any atom is -0.372 e. The highest BCUT2D eigenvalue weighted by Gasteiger charge is 2.18. The SMILES string of the molecule is CSCCC(NC(N)=O)C(=O)NCCCN(C)c1ccccc1F. The van der Waals surface area contributed by atoms with Crippen molar-refractivity contribution in [2.75, 3.05) is 37.0 Å². The third-order valence-electron chi connectivity index (χ3n) is 3.48. The maximum Gasteiger partial charge on any atom is 0.312 e. The van der Waals surface area contributed by atoms with Crippen LogP contribution in [0, 0.1) is 5.82 Å². The number of amides is 3. The first-order chi connectivity index (χ1) is 11.5. The zero-order valence-corrected chi connectivity index (χ0v) is 14.9. The highest BCUT2D eigenvalue weighted by atomic mass is 32.2. The Balaban J connectivity index is 2.38. The van der Waals surface area contributed by atoms with E-state index in [1.807, 2.05) is 6.26 Å². The Hall–Kier alpha value is -1.96. The molecule has 1 atom stereocenters. The molecule has 0 radical (unpaired) electrons. The Morgan fingerprint density at radius 1 is 1.38 bits per heavy atom. The number of carbonyl (C=O) groups excluding carboxylic acids is 2. The zero-order valence-electron chi connectivity index (χ0n) is 14.0. The smallest absolute Gasteiger partial charge is 0.312 e. The number of urea groups is 1. The average molecular weight is 356 g/mol. The van der Waals surface area contributed by atoms with Gasteiger partial charge in [-0.2, -0.15) is 11.8 Å². The van der Waals surface area contributed by atoms with Crippen molar-refractivity contribution in [3.05, 3.63) is 30.1 Å². The minimum absolute atomic E-state index is 0.253. The Morgan fingerprint density at radius 3 is 2.71 bits per heavy atom. The second-order valence-corrected chi connectivity index (χ2v) is 6.35. The number of rotatable bonds is 10. The molecule has 1 unspecified atom stereocenters. The molecule has 0 spiro atoms. The van der Waals surface area contributed by atoms with Crippen molar-refractivity contribution < 1.29 is 14.0 Å². The fourth-order valence-corrected chi connectivity index (χ4v) is 2.68. The normalized spacial score (nSPS) is 11.6. The lowest BCUT2D eigenvalue weighted by Crippen LogP contribution is -2.49. The molecule has 1 aromatic carbocycles. The lowest BCUT2D eigenvalue weighted by molar-refractivity contribution is -0.122. The summed E-state index contributed by atoms with van der Waals surface area (Å²) >= 11 is 1.59. The summed E-state index contributed by atoms with van der Waals surface area (Å²) in [5.41, 5.74) is 5.62. The molecule has 1 aromatic rings. The molecule has 0 saturated heterocycles. The molecular weight excluding hydrogens is 331 g/mol. The van der Waals surface area contributed by atoms with Crippen LogP contribution in [0.4, 0.5) is 14.9 Å². The molecule has 0 aliphatic rings. The molecule has 4 N–H and O–H groups in total. The number of thioether (sulfide) groups is 1. The monoisotopic (exact) mass is 356 g/mol. The van der Waals surface area contributed by atoms with Crippen molar-refractivity contribution in [3.63, 3.8) is 0 Å². The van der Waals surface area contributed by atoms with Gasteiger partial charge in [-0.25, -0.2) is 9.18 Å². The van der Waals surface area contributed by atoms with Gasteiger partial charge in [0.15, 0.2) is 0 Å². The van der Waals surface area contributed by atoms with Crippen LogP contribution in [0.25, 0.3) is 0 Å². The van der Waals surface area contributed by atoms with E-state index in [2.05, 4.69) is 10.6 Å². The van der Waals surface area contributed by atoms with Crippen molar-refractivity contribution in [1.29, 1.82) is 0 Å². The summed E-state index contributed by atoms with van der Waals surface area (Å²) in [7, 11) is 1.80. The molecule has 24 heavy (non-hydrogen) atoms. The van der Waals surface area contributed by atoms with E-state index in [1.54, 1.807) is 41.9 Å². The number of benzene rings is 1. The molecule has 0 saturated carbocycles. The van der Waals surface area contributed by atoms with Crippen molar-refractivity contribution in [2.24, 2.45) is 5.73 Å². The molecule has 134 valence electrons. The molecule has 3 amide bonds.